The number of esters is 2. The summed E-state index contributed by atoms with van der Waals surface area (Å²) in [5.41, 5.74) is 1.92. The van der Waals surface area contributed by atoms with E-state index in [2.05, 4.69) is 0 Å². The minimum Gasteiger partial charge on any atom is -0.480 e. The maximum atomic E-state index is 12.7. The Morgan fingerprint density at radius 1 is 1.03 bits per heavy atom. The number of hydrogen-bond acceptors (Lipinski definition) is 6. The first-order valence-electron chi connectivity index (χ1n) is 8.96. The summed E-state index contributed by atoms with van der Waals surface area (Å²) in [5, 5.41) is 0.365. The number of fused-ring (bicyclic) bond motifs is 1. The number of benzene rings is 2. The third kappa shape index (κ3) is 5.06. The molecule has 0 bridgehead atoms. The van der Waals surface area contributed by atoms with E-state index in [0.717, 1.165) is 11.1 Å². The average molecular weight is 418 g/mol. The maximum absolute atomic E-state index is 12.7. The van der Waals surface area contributed by atoms with E-state index in [0.29, 0.717) is 17.2 Å². The number of para-hydroxylation sites is 1. The van der Waals surface area contributed by atoms with E-state index in [1.165, 1.54) is 12.0 Å². The normalized spacial score (nSPS) is 15.2. The highest BCUT2D eigenvalue weighted by molar-refractivity contribution is 6.32. The van der Waals surface area contributed by atoms with Crippen molar-refractivity contribution in [1.29, 1.82) is 0 Å². The van der Waals surface area contributed by atoms with Gasteiger partial charge < -0.3 is 19.1 Å². The van der Waals surface area contributed by atoms with Gasteiger partial charge in [-0.2, -0.15) is 0 Å². The second-order valence-electron chi connectivity index (χ2n) is 6.41. The lowest BCUT2D eigenvalue weighted by Gasteiger charge is -2.35. The minimum absolute atomic E-state index is 0.239. The Morgan fingerprint density at radius 3 is 2.45 bits per heavy atom. The van der Waals surface area contributed by atoms with Crippen LogP contribution >= 0.6 is 11.6 Å². The van der Waals surface area contributed by atoms with Crippen LogP contribution in [0.4, 0.5) is 0 Å². The van der Waals surface area contributed by atoms with Gasteiger partial charge in [0.15, 0.2) is 13.2 Å². The van der Waals surface area contributed by atoms with Crippen molar-refractivity contribution in [3.05, 3.63) is 64.7 Å². The summed E-state index contributed by atoms with van der Waals surface area (Å²) < 4.78 is 15.1. The Balaban J connectivity index is 1.59. The molecule has 7 nitrogen and oxygen atoms in total. The molecule has 1 aliphatic heterocycles. The fraction of sp³-hybridized carbons (Fsp3) is 0.286. The molecular formula is C21H20ClNO6. The highest BCUT2D eigenvalue weighted by Gasteiger charge is 2.35. The molecule has 1 atom stereocenters. The fourth-order valence-corrected chi connectivity index (χ4v) is 3.29. The number of rotatable bonds is 6. The molecule has 29 heavy (non-hydrogen) atoms. The van der Waals surface area contributed by atoms with E-state index in [-0.39, 0.29) is 13.2 Å². The van der Waals surface area contributed by atoms with Crippen molar-refractivity contribution < 1.29 is 28.6 Å². The first-order chi connectivity index (χ1) is 14.0. The van der Waals surface area contributed by atoms with Gasteiger partial charge in [-0.25, -0.2) is 9.59 Å². The average Bonchev–Trinajstić information content (AvgIpc) is 2.75. The Morgan fingerprint density at radius 2 is 1.72 bits per heavy atom. The van der Waals surface area contributed by atoms with E-state index >= 15 is 0 Å². The number of halogens is 1. The predicted octanol–water partition coefficient (Wildman–Crippen LogP) is 2.39. The molecule has 0 saturated carbocycles. The van der Waals surface area contributed by atoms with E-state index in [9.17, 15) is 14.4 Å². The first kappa shape index (κ1) is 20.7. The van der Waals surface area contributed by atoms with Crippen LogP contribution in [0.5, 0.6) is 5.75 Å². The molecule has 1 heterocycles. The number of carbonyl (C=O) groups is 3. The quantitative estimate of drug-likeness (QED) is 0.671. The Labute approximate surface area is 173 Å². The van der Waals surface area contributed by atoms with Crippen LogP contribution in [-0.2, 0) is 36.8 Å². The Kier molecular flexibility index (Phi) is 6.72. The molecule has 0 aliphatic carbocycles. The largest absolute Gasteiger partial charge is 0.480 e. The van der Waals surface area contributed by atoms with Gasteiger partial charge in [0, 0.05) is 13.0 Å². The third-order valence-corrected chi connectivity index (χ3v) is 4.89. The number of carbonyl (C=O) groups excluding carboxylic acids is 3. The van der Waals surface area contributed by atoms with Crippen molar-refractivity contribution in [2.45, 2.75) is 19.0 Å². The van der Waals surface area contributed by atoms with Crippen LogP contribution in [0.2, 0.25) is 5.02 Å². The predicted molar refractivity (Wildman–Crippen MR) is 104 cm³/mol. The smallest absolute Gasteiger partial charge is 0.344 e. The molecule has 0 fully saturated rings. The molecular weight excluding hydrogens is 398 g/mol. The van der Waals surface area contributed by atoms with Gasteiger partial charge in [0.2, 0.25) is 0 Å². The van der Waals surface area contributed by atoms with Gasteiger partial charge in [0.05, 0.1) is 12.1 Å². The monoisotopic (exact) mass is 417 g/mol. The SMILES string of the molecule is COC(=O)[C@@H]1Cc2ccccc2CN1C(=O)COC(=O)COc1ccccc1Cl. The second-order valence-corrected chi connectivity index (χ2v) is 6.82. The van der Waals surface area contributed by atoms with Crippen molar-refractivity contribution in [2.24, 2.45) is 0 Å². The molecule has 0 radical (unpaired) electrons. The van der Waals surface area contributed by atoms with Crippen LogP contribution in [0.3, 0.4) is 0 Å². The molecule has 0 unspecified atom stereocenters. The van der Waals surface area contributed by atoms with Crippen molar-refractivity contribution in [3.63, 3.8) is 0 Å². The fourth-order valence-electron chi connectivity index (χ4n) is 3.10. The lowest BCUT2D eigenvalue weighted by Crippen LogP contribution is -2.50. The number of hydrogen-bond donors (Lipinski definition) is 0. The zero-order valence-electron chi connectivity index (χ0n) is 15.8. The van der Waals surface area contributed by atoms with Crippen molar-refractivity contribution in [3.8, 4) is 5.75 Å². The highest BCUT2D eigenvalue weighted by atomic mass is 35.5. The van der Waals surface area contributed by atoms with Crippen LogP contribution in [0.15, 0.2) is 48.5 Å². The topological polar surface area (TPSA) is 82.1 Å². The summed E-state index contributed by atoms with van der Waals surface area (Å²) in [4.78, 5) is 38.1. The van der Waals surface area contributed by atoms with E-state index in [1.807, 2.05) is 24.3 Å². The van der Waals surface area contributed by atoms with Gasteiger partial charge >= 0.3 is 11.9 Å². The second kappa shape index (κ2) is 9.43. The summed E-state index contributed by atoms with van der Waals surface area (Å²) in [6.07, 6.45) is 0.345. The van der Waals surface area contributed by atoms with E-state index in [4.69, 9.17) is 25.8 Å². The lowest BCUT2D eigenvalue weighted by atomic mass is 9.94. The zero-order chi connectivity index (χ0) is 20.8. The van der Waals surface area contributed by atoms with Gasteiger partial charge in [-0.3, -0.25) is 4.79 Å². The van der Waals surface area contributed by atoms with Gasteiger partial charge in [0.1, 0.15) is 11.8 Å². The summed E-state index contributed by atoms with van der Waals surface area (Å²) in [5.74, 6) is -1.37. The van der Waals surface area contributed by atoms with E-state index < -0.39 is 30.5 Å². The van der Waals surface area contributed by atoms with Gasteiger partial charge in [0.25, 0.3) is 5.91 Å². The highest BCUT2D eigenvalue weighted by Crippen LogP contribution is 2.25. The molecule has 2 aromatic carbocycles. The Bertz CT molecular complexity index is 916. The standard InChI is InChI=1S/C21H20ClNO6/c1-27-21(26)17-10-14-6-2-3-7-15(14)11-23(17)19(24)12-29-20(25)13-28-18-9-5-4-8-16(18)22/h2-9,17H,10-13H2,1H3/t17-/m0/s1. The summed E-state index contributed by atoms with van der Waals surface area (Å²) in [6.45, 7) is -0.650. The van der Waals surface area contributed by atoms with E-state index in [1.54, 1.807) is 24.3 Å². The molecule has 3 rings (SSSR count). The molecule has 8 heteroatoms. The molecule has 0 aromatic heterocycles. The van der Waals surface area contributed by atoms with Crippen LogP contribution in [-0.4, -0.2) is 49.1 Å². The van der Waals surface area contributed by atoms with Crippen LogP contribution < -0.4 is 4.74 Å². The molecule has 152 valence electrons. The van der Waals surface area contributed by atoms with Crippen LogP contribution in [0.25, 0.3) is 0 Å². The Hall–Kier alpha value is -3.06. The summed E-state index contributed by atoms with van der Waals surface area (Å²) >= 11 is 5.96. The minimum atomic E-state index is -0.763. The molecule has 0 spiro atoms. The molecule has 0 saturated heterocycles. The summed E-state index contributed by atoms with van der Waals surface area (Å²) in [7, 11) is 1.28. The molecule has 1 aliphatic rings. The van der Waals surface area contributed by atoms with Crippen molar-refractivity contribution in [1.82, 2.24) is 4.90 Å². The van der Waals surface area contributed by atoms with Crippen LogP contribution in [0.1, 0.15) is 11.1 Å². The number of ether oxygens (including phenoxy) is 3. The van der Waals surface area contributed by atoms with Crippen molar-refractivity contribution in [2.75, 3.05) is 20.3 Å². The zero-order valence-corrected chi connectivity index (χ0v) is 16.6. The molecule has 2 aromatic rings. The molecule has 0 N–H and O–H groups in total. The maximum Gasteiger partial charge on any atom is 0.344 e. The van der Waals surface area contributed by atoms with Gasteiger partial charge in [-0.05, 0) is 23.3 Å². The summed E-state index contributed by atoms with van der Waals surface area (Å²) in [6, 6.07) is 13.5. The van der Waals surface area contributed by atoms with Gasteiger partial charge in [-0.15, -0.1) is 0 Å². The number of amides is 1. The lowest BCUT2D eigenvalue weighted by molar-refractivity contribution is -0.160. The number of nitrogens with zero attached hydrogens (tertiary/aromatic N) is 1. The third-order valence-electron chi connectivity index (χ3n) is 4.58. The van der Waals surface area contributed by atoms with Gasteiger partial charge in [-0.1, -0.05) is 48.0 Å². The van der Waals surface area contributed by atoms with Crippen LogP contribution in [0, 0.1) is 0 Å². The molecule has 1 amide bonds. The first-order valence-corrected chi connectivity index (χ1v) is 9.34. The number of methoxy groups -OCH3 is 1. The van der Waals surface area contributed by atoms with Crippen molar-refractivity contribution >= 4 is 29.4 Å².